The Bertz CT molecular complexity index is 860. The van der Waals surface area contributed by atoms with Crippen LogP contribution >= 0.6 is 0 Å². The zero-order valence-corrected chi connectivity index (χ0v) is 16.3. The largest absolute Gasteiger partial charge is 0.330 e. The number of imide groups is 2. The average Bonchev–Trinajstić information content (AvgIpc) is 2.98. The molecule has 0 bridgehead atoms. The quantitative estimate of drug-likeness (QED) is 0.628. The molecular formula is C21H26N4O4. The number of hydrogen-bond donors (Lipinski definition) is 3. The molecule has 4 amide bonds. The van der Waals surface area contributed by atoms with Crippen molar-refractivity contribution in [1.82, 2.24) is 15.5 Å². The number of piperidine rings is 1. The fraction of sp³-hybridized carbons (Fsp3) is 0.524. The van der Waals surface area contributed by atoms with E-state index in [1.165, 1.54) is 0 Å². The highest BCUT2D eigenvalue weighted by atomic mass is 16.2. The molecule has 3 aliphatic rings. The first-order valence-electron chi connectivity index (χ1n) is 10.3. The molecule has 8 heteroatoms. The van der Waals surface area contributed by atoms with Crippen LogP contribution in [0.3, 0.4) is 0 Å². The van der Waals surface area contributed by atoms with Gasteiger partial charge < -0.3 is 11.1 Å². The molecule has 1 aromatic carbocycles. The molecule has 2 fully saturated rings. The summed E-state index contributed by atoms with van der Waals surface area (Å²) in [5, 5.41) is 5.73. The number of hydrogen-bond acceptors (Lipinski definition) is 6. The number of nitrogens with one attached hydrogen (secondary N) is 2. The first kappa shape index (κ1) is 19.7. The third-order valence-corrected chi connectivity index (χ3v) is 6.32. The van der Waals surface area contributed by atoms with Crippen LogP contribution in [0.15, 0.2) is 18.2 Å². The molecule has 0 spiro atoms. The number of amides is 4. The Labute approximate surface area is 169 Å². The van der Waals surface area contributed by atoms with E-state index < -0.39 is 23.8 Å². The van der Waals surface area contributed by atoms with Crippen LogP contribution in [0.1, 0.15) is 64.8 Å². The molecular weight excluding hydrogens is 372 g/mol. The van der Waals surface area contributed by atoms with Gasteiger partial charge >= 0.3 is 0 Å². The van der Waals surface area contributed by atoms with Crippen LogP contribution in [-0.4, -0.2) is 47.2 Å². The molecule has 2 aliphatic heterocycles. The SMILES string of the molecule is NCC1CCC(NCc2cccc3c2C(=O)N(C2CCC(=O)NC2=O)C3=O)CC1. The summed E-state index contributed by atoms with van der Waals surface area (Å²) in [6.45, 7) is 1.22. The smallest absolute Gasteiger partial charge is 0.262 e. The highest BCUT2D eigenvalue weighted by Gasteiger charge is 2.45. The van der Waals surface area contributed by atoms with Crippen molar-refractivity contribution in [2.75, 3.05) is 6.54 Å². The van der Waals surface area contributed by atoms with Gasteiger partial charge in [-0.3, -0.25) is 29.4 Å². The molecule has 1 unspecified atom stereocenters. The lowest BCUT2D eigenvalue weighted by Crippen LogP contribution is -2.54. The Kier molecular flexibility index (Phi) is 5.47. The van der Waals surface area contributed by atoms with E-state index in [0.29, 0.717) is 29.6 Å². The summed E-state index contributed by atoms with van der Waals surface area (Å²) < 4.78 is 0. The lowest BCUT2D eigenvalue weighted by Gasteiger charge is -2.29. The van der Waals surface area contributed by atoms with Crippen LogP contribution in [0.25, 0.3) is 0 Å². The molecule has 1 saturated carbocycles. The van der Waals surface area contributed by atoms with E-state index in [2.05, 4.69) is 10.6 Å². The molecule has 1 aromatic rings. The van der Waals surface area contributed by atoms with Crippen LogP contribution in [0.4, 0.5) is 0 Å². The Morgan fingerprint density at radius 1 is 1.03 bits per heavy atom. The topological polar surface area (TPSA) is 122 Å². The van der Waals surface area contributed by atoms with Crippen molar-refractivity contribution >= 4 is 23.6 Å². The predicted octanol–water partition coefficient (Wildman–Crippen LogP) is 0.695. The van der Waals surface area contributed by atoms with E-state index in [0.717, 1.165) is 42.7 Å². The Balaban J connectivity index is 1.49. The molecule has 154 valence electrons. The maximum atomic E-state index is 13.1. The highest BCUT2D eigenvalue weighted by molar-refractivity contribution is 6.24. The van der Waals surface area contributed by atoms with Crippen molar-refractivity contribution in [3.05, 3.63) is 34.9 Å². The minimum absolute atomic E-state index is 0.115. The minimum Gasteiger partial charge on any atom is -0.330 e. The third-order valence-electron chi connectivity index (χ3n) is 6.32. The number of nitrogens with zero attached hydrogens (tertiary/aromatic N) is 1. The third kappa shape index (κ3) is 3.70. The second-order valence-electron chi connectivity index (χ2n) is 8.12. The van der Waals surface area contributed by atoms with Crippen LogP contribution in [0.2, 0.25) is 0 Å². The molecule has 0 radical (unpaired) electrons. The van der Waals surface area contributed by atoms with Gasteiger partial charge in [0.1, 0.15) is 6.04 Å². The van der Waals surface area contributed by atoms with Gasteiger partial charge in [0.2, 0.25) is 11.8 Å². The van der Waals surface area contributed by atoms with Crippen LogP contribution < -0.4 is 16.4 Å². The number of nitrogens with two attached hydrogens (primary N) is 1. The van der Waals surface area contributed by atoms with Gasteiger partial charge in [-0.05, 0) is 56.2 Å². The number of fused-ring (bicyclic) bond motifs is 1. The summed E-state index contributed by atoms with van der Waals surface area (Å²) in [4.78, 5) is 50.6. The number of rotatable bonds is 5. The molecule has 4 rings (SSSR count). The molecule has 1 saturated heterocycles. The summed E-state index contributed by atoms with van der Waals surface area (Å²) in [6.07, 6.45) is 4.57. The zero-order valence-electron chi connectivity index (χ0n) is 16.3. The van der Waals surface area contributed by atoms with E-state index in [1.54, 1.807) is 12.1 Å². The van der Waals surface area contributed by atoms with Gasteiger partial charge in [-0.15, -0.1) is 0 Å². The van der Waals surface area contributed by atoms with Gasteiger partial charge in [-0.1, -0.05) is 12.1 Å². The van der Waals surface area contributed by atoms with E-state index >= 15 is 0 Å². The first-order chi connectivity index (χ1) is 14.0. The van der Waals surface area contributed by atoms with E-state index in [-0.39, 0.29) is 18.7 Å². The van der Waals surface area contributed by atoms with Crippen molar-refractivity contribution in [2.24, 2.45) is 11.7 Å². The molecule has 1 atom stereocenters. The zero-order chi connectivity index (χ0) is 20.5. The molecule has 8 nitrogen and oxygen atoms in total. The maximum absolute atomic E-state index is 13.1. The van der Waals surface area contributed by atoms with Gasteiger partial charge in [0, 0.05) is 19.0 Å². The molecule has 29 heavy (non-hydrogen) atoms. The molecule has 4 N–H and O–H groups in total. The molecule has 1 aliphatic carbocycles. The van der Waals surface area contributed by atoms with Crippen molar-refractivity contribution in [3.63, 3.8) is 0 Å². The minimum atomic E-state index is -0.938. The predicted molar refractivity (Wildman–Crippen MR) is 105 cm³/mol. The van der Waals surface area contributed by atoms with Gasteiger partial charge in [0.15, 0.2) is 0 Å². The number of benzene rings is 1. The summed E-state index contributed by atoms with van der Waals surface area (Å²) in [5.41, 5.74) is 7.21. The maximum Gasteiger partial charge on any atom is 0.262 e. The Morgan fingerprint density at radius 3 is 2.48 bits per heavy atom. The summed E-state index contributed by atoms with van der Waals surface area (Å²) in [7, 11) is 0. The van der Waals surface area contributed by atoms with Gasteiger partial charge in [0.05, 0.1) is 11.1 Å². The Morgan fingerprint density at radius 2 is 1.79 bits per heavy atom. The van der Waals surface area contributed by atoms with Crippen molar-refractivity contribution < 1.29 is 19.2 Å². The van der Waals surface area contributed by atoms with Crippen molar-refractivity contribution in [3.8, 4) is 0 Å². The van der Waals surface area contributed by atoms with E-state index in [4.69, 9.17) is 5.73 Å². The molecule has 2 heterocycles. The standard InChI is InChI=1S/C21H26N4O4/c22-10-12-4-6-14(7-5-12)23-11-13-2-1-3-15-18(13)21(29)25(20(15)28)16-8-9-17(26)24-19(16)27/h1-3,12,14,16,23H,4-11,22H2,(H,24,26,27). The first-order valence-corrected chi connectivity index (χ1v) is 10.3. The highest BCUT2D eigenvalue weighted by Crippen LogP contribution is 2.30. The summed E-state index contributed by atoms with van der Waals surface area (Å²) in [6, 6.07) is 4.66. The second kappa shape index (κ2) is 8.04. The van der Waals surface area contributed by atoms with Gasteiger partial charge in [-0.2, -0.15) is 0 Å². The number of carbonyl (C=O) groups is 4. The molecule has 0 aromatic heterocycles. The monoisotopic (exact) mass is 398 g/mol. The van der Waals surface area contributed by atoms with E-state index in [9.17, 15) is 19.2 Å². The van der Waals surface area contributed by atoms with Crippen LogP contribution in [0.5, 0.6) is 0 Å². The summed E-state index contributed by atoms with van der Waals surface area (Å²) in [5.74, 6) is -1.30. The average molecular weight is 398 g/mol. The van der Waals surface area contributed by atoms with E-state index in [1.807, 2.05) is 6.07 Å². The Hall–Kier alpha value is -2.58. The second-order valence-corrected chi connectivity index (χ2v) is 8.12. The van der Waals surface area contributed by atoms with Crippen molar-refractivity contribution in [1.29, 1.82) is 0 Å². The number of carbonyl (C=O) groups excluding carboxylic acids is 4. The van der Waals surface area contributed by atoms with Crippen LogP contribution in [-0.2, 0) is 16.1 Å². The fourth-order valence-electron chi connectivity index (χ4n) is 4.59. The lowest BCUT2D eigenvalue weighted by atomic mass is 9.86. The van der Waals surface area contributed by atoms with Gasteiger partial charge in [0.25, 0.3) is 11.8 Å². The lowest BCUT2D eigenvalue weighted by molar-refractivity contribution is -0.136. The van der Waals surface area contributed by atoms with Crippen molar-refractivity contribution in [2.45, 2.75) is 57.2 Å². The fourth-order valence-corrected chi connectivity index (χ4v) is 4.59. The normalized spacial score (nSPS) is 27.2. The van der Waals surface area contributed by atoms with Gasteiger partial charge in [-0.25, -0.2) is 0 Å². The van der Waals surface area contributed by atoms with Crippen LogP contribution in [0, 0.1) is 5.92 Å². The summed E-state index contributed by atoms with van der Waals surface area (Å²) >= 11 is 0.